The molecule has 0 spiro atoms. The average molecular weight is 297 g/mol. The normalized spacial score (nSPS) is 12.6. The van der Waals surface area contributed by atoms with Crippen LogP contribution < -0.4 is 4.74 Å². The Morgan fingerprint density at radius 2 is 1.95 bits per heavy atom. The molecule has 0 heterocycles. The van der Waals surface area contributed by atoms with Crippen LogP contribution in [0.25, 0.3) is 0 Å². The molecule has 0 fully saturated rings. The van der Waals surface area contributed by atoms with Gasteiger partial charge in [0.05, 0.1) is 52.4 Å². The molecule has 1 rings (SSSR count). The van der Waals surface area contributed by atoms with Gasteiger partial charge >= 0.3 is 5.97 Å². The van der Waals surface area contributed by atoms with Gasteiger partial charge in [-0.2, -0.15) is 0 Å². The molecule has 0 aromatic heterocycles. The first-order valence-electron chi connectivity index (χ1n) is 6.40. The van der Waals surface area contributed by atoms with Crippen LogP contribution in [-0.2, 0) is 9.53 Å². The number of nitro benzene ring substituents is 1. The van der Waals surface area contributed by atoms with E-state index in [4.69, 9.17) is 9.47 Å². The van der Waals surface area contributed by atoms with Gasteiger partial charge in [-0.15, -0.1) is 0 Å². The predicted octanol–water partition coefficient (Wildman–Crippen LogP) is 1.57. The fourth-order valence-corrected chi connectivity index (χ4v) is 2.09. The van der Waals surface area contributed by atoms with Crippen molar-refractivity contribution >= 4 is 11.7 Å². The van der Waals surface area contributed by atoms with Crippen LogP contribution in [0.1, 0.15) is 11.5 Å². The Kier molecular flexibility index (Phi) is 5.26. The van der Waals surface area contributed by atoms with E-state index >= 15 is 0 Å². The number of carbonyl (C=O) groups is 1. The number of ether oxygens (including phenoxy) is 2. The van der Waals surface area contributed by atoms with E-state index in [1.54, 1.807) is 0 Å². The SMILES string of the molecule is COC(=O)C(C[N+](C)(C)C)c1cc(OC)ccc1[N+](=O)[O-]. The zero-order valence-corrected chi connectivity index (χ0v) is 13.0. The van der Waals surface area contributed by atoms with Crippen molar-refractivity contribution in [1.29, 1.82) is 0 Å². The summed E-state index contributed by atoms with van der Waals surface area (Å²) in [5.41, 5.74) is 0.193. The molecule has 0 amide bonds. The lowest BCUT2D eigenvalue weighted by atomic mass is 9.96. The summed E-state index contributed by atoms with van der Waals surface area (Å²) in [6, 6.07) is 4.37. The first-order chi connectivity index (χ1) is 9.69. The lowest BCUT2D eigenvalue weighted by Crippen LogP contribution is -2.41. The van der Waals surface area contributed by atoms with Crippen LogP contribution in [0.5, 0.6) is 5.75 Å². The third kappa shape index (κ3) is 4.42. The molecule has 1 unspecified atom stereocenters. The molecular formula is C14H21N2O5+. The van der Waals surface area contributed by atoms with Crippen molar-refractivity contribution in [2.75, 3.05) is 41.9 Å². The zero-order chi connectivity index (χ0) is 16.2. The summed E-state index contributed by atoms with van der Waals surface area (Å²) < 4.78 is 10.4. The minimum absolute atomic E-state index is 0.111. The van der Waals surface area contributed by atoms with Gasteiger partial charge in [-0.05, 0) is 12.1 Å². The number of methoxy groups -OCH3 is 2. The predicted molar refractivity (Wildman–Crippen MR) is 77.3 cm³/mol. The molecule has 7 heteroatoms. The van der Waals surface area contributed by atoms with Crippen LogP contribution in [0.4, 0.5) is 5.69 Å². The highest BCUT2D eigenvalue weighted by atomic mass is 16.6. The Morgan fingerprint density at radius 1 is 1.33 bits per heavy atom. The standard InChI is InChI=1S/C14H21N2O5/c1-16(2,3)9-12(14(17)21-5)11-8-10(20-4)6-7-13(11)15(18)19/h6-8,12H,9H2,1-5H3/q+1. The number of carbonyl (C=O) groups excluding carboxylic acids is 1. The minimum Gasteiger partial charge on any atom is -0.497 e. The van der Waals surface area contributed by atoms with E-state index in [0.29, 0.717) is 22.3 Å². The fraction of sp³-hybridized carbons (Fsp3) is 0.500. The number of nitrogens with zero attached hydrogens (tertiary/aromatic N) is 2. The number of esters is 1. The van der Waals surface area contributed by atoms with Gasteiger partial charge in [0.25, 0.3) is 5.69 Å². The molecular weight excluding hydrogens is 276 g/mol. The molecule has 21 heavy (non-hydrogen) atoms. The lowest BCUT2D eigenvalue weighted by molar-refractivity contribution is -0.871. The van der Waals surface area contributed by atoms with E-state index in [-0.39, 0.29) is 5.69 Å². The van der Waals surface area contributed by atoms with Gasteiger partial charge in [-0.1, -0.05) is 0 Å². The van der Waals surface area contributed by atoms with Crippen molar-refractivity contribution in [2.45, 2.75) is 5.92 Å². The van der Waals surface area contributed by atoms with Crippen molar-refractivity contribution in [2.24, 2.45) is 0 Å². The van der Waals surface area contributed by atoms with Crippen LogP contribution in [0, 0.1) is 10.1 Å². The summed E-state index contributed by atoms with van der Waals surface area (Å²) in [5.74, 6) is -0.768. The fourth-order valence-electron chi connectivity index (χ4n) is 2.09. The number of likely N-dealkylation sites (N-methyl/N-ethyl adjacent to an activating group) is 1. The molecule has 116 valence electrons. The number of quaternary nitrogens is 1. The average Bonchev–Trinajstić information content (AvgIpc) is 2.42. The van der Waals surface area contributed by atoms with Crippen molar-refractivity contribution < 1.29 is 23.7 Å². The summed E-state index contributed by atoms with van der Waals surface area (Å²) >= 11 is 0. The first-order valence-corrected chi connectivity index (χ1v) is 6.40. The third-order valence-corrected chi connectivity index (χ3v) is 3.02. The molecule has 7 nitrogen and oxygen atoms in total. The highest BCUT2D eigenvalue weighted by Crippen LogP contribution is 2.32. The lowest BCUT2D eigenvalue weighted by Gasteiger charge is -2.28. The minimum atomic E-state index is -0.731. The maximum atomic E-state index is 12.1. The molecule has 1 atom stereocenters. The maximum absolute atomic E-state index is 12.1. The Bertz CT molecular complexity index is 537. The number of hydrogen-bond donors (Lipinski definition) is 0. The summed E-state index contributed by atoms with van der Waals surface area (Å²) in [4.78, 5) is 22.8. The van der Waals surface area contributed by atoms with Crippen LogP contribution in [0.2, 0.25) is 0 Å². The topological polar surface area (TPSA) is 78.7 Å². The van der Waals surface area contributed by atoms with Gasteiger partial charge in [-0.3, -0.25) is 14.9 Å². The van der Waals surface area contributed by atoms with Gasteiger partial charge in [0.2, 0.25) is 0 Å². The molecule has 0 aliphatic heterocycles. The Labute approximate surface area is 123 Å². The van der Waals surface area contributed by atoms with Crippen LogP contribution in [0.15, 0.2) is 18.2 Å². The molecule has 0 saturated heterocycles. The van der Waals surface area contributed by atoms with E-state index in [1.165, 1.54) is 32.4 Å². The Balaban J connectivity index is 3.40. The number of benzene rings is 1. The summed E-state index contributed by atoms with van der Waals surface area (Å²) in [7, 11) is 8.46. The third-order valence-electron chi connectivity index (χ3n) is 3.02. The molecule has 0 N–H and O–H groups in total. The van der Waals surface area contributed by atoms with E-state index in [2.05, 4.69) is 0 Å². The second-order valence-corrected chi connectivity index (χ2v) is 5.73. The number of rotatable bonds is 6. The summed E-state index contributed by atoms with van der Waals surface area (Å²) in [6.07, 6.45) is 0. The summed E-state index contributed by atoms with van der Waals surface area (Å²) in [5, 5.41) is 11.2. The maximum Gasteiger partial charge on any atom is 0.319 e. The Hall–Kier alpha value is -2.15. The van der Waals surface area contributed by atoms with Crippen molar-refractivity contribution in [1.82, 2.24) is 0 Å². The van der Waals surface area contributed by atoms with E-state index in [1.807, 2.05) is 21.1 Å². The highest BCUT2D eigenvalue weighted by molar-refractivity contribution is 5.80. The van der Waals surface area contributed by atoms with Crippen molar-refractivity contribution in [3.63, 3.8) is 0 Å². The zero-order valence-electron chi connectivity index (χ0n) is 13.0. The largest absolute Gasteiger partial charge is 0.497 e. The molecule has 1 aromatic rings. The van der Waals surface area contributed by atoms with Crippen molar-refractivity contribution in [3.8, 4) is 5.75 Å². The van der Waals surface area contributed by atoms with Gasteiger partial charge in [0, 0.05) is 6.07 Å². The molecule has 0 aliphatic rings. The van der Waals surface area contributed by atoms with Gasteiger partial charge < -0.3 is 14.0 Å². The first kappa shape index (κ1) is 16.9. The van der Waals surface area contributed by atoms with Crippen LogP contribution in [0.3, 0.4) is 0 Å². The second kappa shape index (κ2) is 6.53. The number of nitro groups is 1. The molecule has 1 aromatic carbocycles. The molecule has 0 radical (unpaired) electrons. The van der Waals surface area contributed by atoms with Gasteiger partial charge in [-0.25, -0.2) is 0 Å². The Morgan fingerprint density at radius 3 is 2.38 bits per heavy atom. The van der Waals surface area contributed by atoms with Gasteiger partial charge in [0.1, 0.15) is 11.7 Å². The molecule has 0 bridgehead atoms. The van der Waals surface area contributed by atoms with E-state index in [9.17, 15) is 14.9 Å². The molecule has 0 saturated carbocycles. The van der Waals surface area contributed by atoms with Gasteiger partial charge in [0.15, 0.2) is 0 Å². The second-order valence-electron chi connectivity index (χ2n) is 5.73. The quantitative estimate of drug-likeness (QED) is 0.344. The van der Waals surface area contributed by atoms with Crippen molar-refractivity contribution in [3.05, 3.63) is 33.9 Å². The van der Waals surface area contributed by atoms with Crippen LogP contribution in [-0.4, -0.2) is 57.3 Å². The number of hydrogen-bond acceptors (Lipinski definition) is 5. The van der Waals surface area contributed by atoms with Crippen LogP contribution >= 0.6 is 0 Å². The highest BCUT2D eigenvalue weighted by Gasteiger charge is 2.33. The monoisotopic (exact) mass is 297 g/mol. The molecule has 0 aliphatic carbocycles. The smallest absolute Gasteiger partial charge is 0.319 e. The summed E-state index contributed by atoms with van der Waals surface area (Å²) in [6.45, 7) is 0.376. The van der Waals surface area contributed by atoms with E-state index < -0.39 is 16.8 Å². The van der Waals surface area contributed by atoms with E-state index in [0.717, 1.165) is 0 Å².